The molecule has 0 aromatic carbocycles. The van der Waals surface area contributed by atoms with Gasteiger partial charge in [0.2, 0.25) is 5.72 Å². The molecule has 0 fully saturated rings. The van der Waals surface area contributed by atoms with Gasteiger partial charge in [-0.25, -0.2) is 4.79 Å². The summed E-state index contributed by atoms with van der Waals surface area (Å²) < 4.78 is 0. The predicted molar refractivity (Wildman–Crippen MR) is 30.5 cm³/mol. The highest BCUT2D eigenvalue weighted by molar-refractivity contribution is 5.77. The van der Waals surface area contributed by atoms with Crippen LogP contribution in [0.4, 0.5) is 0 Å². The largest absolute Gasteiger partial charge is 0.765 e. The smallest absolute Gasteiger partial charge is 0.373 e. The van der Waals surface area contributed by atoms with Crippen molar-refractivity contribution in [3.05, 3.63) is 5.21 Å². The first-order chi connectivity index (χ1) is 4.54. The Kier molecular flexibility index (Phi) is 3.19. The maximum absolute atomic E-state index is 10.4. The van der Waals surface area contributed by atoms with Gasteiger partial charge in [-0.15, -0.1) is 0 Å². The highest BCUT2D eigenvalue weighted by Crippen LogP contribution is 1.99. The van der Waals surface area contributed by atoms with Crippen molar-refractivity contribution in [2.45, 2.75) is 12.6 Å². The van der Waals surface area contributed by atoms with Gasteiger partial charge in [0.1, 0.15) is 0 Å². The second-order valence-electron chi connectivity index (χ2n) is 1.70. The average molecular weight is 150 g/mol. The van der Waals surface area contributed by atoms with Crippen molar-refractivity contribution < 1.29 is 14.5 Å². The summed E-state index contributed by atoms with van der Waals surface area (Å²) in [6.07, 6.45) is 0. The van der Waals surface area contributed by atoms with Crippen LogP contribution in [0.3, 0.4) is 0 Å². The molecule has 0 saturated carbocycles. The van der Waals surface area contributed by atoms with Gasteiger partial charge < -0.3 is 10.0 Å². The summed E-state index contributed by atoms with van der Waals surface area (Å²) >= 11 is 0. The van der Waals surface area contributed by atoms with Crippen molar-refractivity contribution in [2.24, 2.45) is 11.6 Å². The lowest BCUT2D eigenvalue weighted by molar-refractivity contribution is -0.177. The molecule has 7 heteroatoms. The molecule has 7 nitrogen and oxygen atoms in total. The minimum Gasteiger partial charge on any atom is -0.765 e. The highest BCUT2D eigenvalue weighted by Gasteiger charge is 2.30. The summed E-state index contributed by atoms with van der Waals surface area (Å²) in [6, 6.07) is 0. The standard InChI is InChI=1S/C3H8N3O4/c1-3(4,10-6-8)2(7)9-5/h6H,4-5H2,1H3/q-1. The topological polar surface area (TPSA) is 123 Å². The molecule has 5 N–H and O–H groups in total. The van der Waals surface area contributed by atoms with Gasteiger partial charge in [-0.1, -0.05) is 0 Å². The Hall–Kier alpha value is -0.730. The number of rotatable bonds is 3. The van der Waals surface area contributed by atoms with Gasteiger partial charge in [0, 0.05) is 0 Å². The maximum Gasteiger partial charge on any atom is 0.373 e. The predicted octanol–water partition coefficient (Wildman–Crippen LogP) is -1.90. The Labute approximate surface area is 56.7 Å². The van der Waals surface area contributed by atoms with E-state index in [1.807, 2.05) is 0 Å². The molecule has 60 valence electrons. The molecule has 0 rings (SSSR count). The fourth-order valence-corrected chi connectivity index (χ4v) is 0.245. The van der Waals surface area contributed by atoms with Gasteiger partial charge in [0.25, 0.3) is 0 Å². The summed E-state index contributed by atoms with van der Waals surface area (Å²) in [7, 11) is 0. The molecule has 0 saturated heterocycles. The molecule has 0 bridgehead atoms. The van der Waals surface area contributed by atoms with Crippen LogP contribution < -0.4 is 17.3 Å². The lowest BCUT2D eigenvalue weighted by Gasteiger charge is -2.22. The van der Waals surface area contributed by atoms with Crippen molar-refractivity contribution in [2.75, 3.05) is 0 Å². The molecule has 0 amide bonds. The fourth-order valence-electron chi connectivity index (χ4n) is 0.245. The summed E-state index contributed by atoms with van der Waals surface area (Å²) in [5.41, 5.74) is 4.18. The van der Waals surface area contributed by atoms with E-state index in [-0.39, 0.29) is 0 Å². The maximum atomic E-state index is 10.4. The van der Waals surface area contributed by atoms with E-state index >= 15 is 0 Å². The number of nitrogens with one attached hydrogen (secondary N) is 1. The second-order valence-corrected chi connectivity index (χ2v) is 1.70. The lowest BCUT2D eigenvalue weighted by atomic mass is 10.3. The Morgan fingerprint density at radius 1 is 1.80 bits per heavy atom. The summed E-state index contributed by atoms with van der Waals surface area (Å²) in [5, 5.41) is 9.57. The molecule has 0 aliphatic carbocycles. The van der Waals surface area contributed by atoms with E-state index in [4.69, 9.17) is 5.73 Å². The van der Waals surface area contributed by atoms with Gasteiger partial charge in [0.15, 0.2) is 0 Å². The van der Waals surface area contributed by atoms with Crippen LogP contribution in [-0.4, -0.2) is 11.7 Å². The minimum atomic E-state index is -1.85. The molecule has 0 spiro atoms. The summed E-state index contributed by atoms with van der Waals surface area (Å²) in [6.45, 7) is 1.12. The molecule has 0 heterocycles. The number of hydrogen-bond donors (Lipinski definition) is 3. The van der Waals surface area contributed by atoms with Gasteiger partial charge in [-0.05, 0) is 6.92 Å². The quantitative estimate of drug-likeness (QED) is 0.317. The molecule has 0 aliphatic heterocycles. The van der Waals surface area contributed by atoms with Crippen molar-refractivity contribution in [1.82, 2.24) is 5.64 Å². The number of hydrogen-bond acceptors (Lipinski definition) is 7. The third-order valence-electron chi connectivity index (χ3n) is 0.766. The Morgan fingerprint density at radius 2 is 2.30 bits per heavy atom. The second kappa shape index (κ2) is 3.44. The van der Waals surface area contributed by atoms with Crippen molar-refractivity contribution in [1.29, 1.82) is 0 Å². The van der Waals surface area contributed by atoms with Crippen molar-refractivity contribution in [3.63, 3.8) is 0 Å². The molecule has 0 radical (unpaired) electrons. The number of nitrogens with two attached hydrogens (primary N) is 2. The zero-order valence-electron chi connectivity index (χ0n) is 5.29. The minimum absolute atomic E-state index is 0.992. The third-order valence-corrected chi connectivity index (χ3v) is 0.766. The van der Waals surface area contributed by atoms with E-state index in [0.717, 1.165) is 12.6 Å². The van der Waals surface area contributed by atoms with Gasteiger partial charge in [-0.3, -0.25) is 16.2 Å². The van der Waals surface area contributed by atoms with Crippen LogP contribution >= 0.6 is 0 Å². The fraction of sp³-hybridized carbons (Fsp3) is 0.667. The Bertz CT molecular complexity index is 125. The monoisotopic (exact) mass is 150 g/mol. The van der Waals surface area contributed by atoms with E-state index in [1.54, 1.807) is 0 Å². The van der Waals surface area contributed by atoms with Crippen LogP contribution in [0.5, 0.6) is 0 Å². The molecule has 1 unspecified atom stereocenters. The van der Waals surface area contributed by atoms with E-state index < -0.39 is 11.7 Å². The molecular formula is C3H8N3O4-. The molecule has 10 heavy (non-hydrogen) atoms. The van der Waals surface area contributed by atoms with Crippen molar-refractivity contribution >= 4 is 5.97 Å². The van der Waals surface area contributed by atoms with Crippen LogP contribution in [0.25, 0.3) is 0 Å². The van der Waals surface area contributed by atoms with Gasteiger partial charge in [-0.2, -0.15) is 5.90 Å². The SMILES string of the molecule is CC(N)(ON[O-])C(=O)ON. The third kappa shape index (κ3) is 2.25. The van der Waals surface area contributed by atoms with Crippen LogP contribution in [0.1, 0.15) is 6.92 Å². The highest BCUT2D eigenvalue weighted by atomic mass is 16.9. The van der Waals surface area contributed by atoms with Crippen LogP contribution in [0.15, 0.2) is 0 Å². The summed E-state index contributed by atoms with van der Waals surface area (Å²) in [5.74, 6) is 3.40. The zero-order valence-corrected chi connectivity index (χ0v) is 5.29. The zero-order chi connectivity index (χ0) is 8.20. The molecular weight excluding hydrogens is 142 g/mol. The molecule has 0 aromatic heterocycles. The first kappa shape index (κ1) is 9.27. The number of carbonyl (C=O) groups excluding carboxylic acids is 1. The first-order valence-corrected chi connectivity index (χ1v) is 2.29. The van der Waals surface area contributed by atoms with Crippen LogP contribution in [-0.2, 0) is 14.5 Å². The first-order valence-electron chi connectivity index (χ1n) is 2.29. The van der Waals surface area contributed by atoms with Gasteiger partial charge in [0.05, 0.1) is 0 Å². The van der Waals surface area contributed by atoms with Gasteiger partial charge >= 0.3 is 5.97 Å². The normalized spacial score (nSPS) is 16.0. The molecule has 0 aliphatic rings. The van der Waals surface area contributed by atoms with Crippen LogP contribution in [0.2, 0.25) is 0 Å². The molecule has 0 aromatic rings. The van der Waals surface area contributed by atoms with E-state index in [1.165, 1.54) is 0 Å². The average Bonchev–Trinajstić information content (AvgIpc) is 1.86. The summed E-state index contributed by atoms with van der Waals surface area (Å²) in [4.78, 5) is 18.1. The van der Waals surface area contributed by atoms with Crippen LogP contribution in [0, 0.1) is 5.21 Å². The van der Waals surface area contributed by atoms with Crippen molar-refractivity contribution in [3.8, 4) is 0 Å². The number of carbonyl (C=O) groups is 1. The Balaban J connectivity index is 3.96. The lowest BCUT2D eigenvalue weighted by Crippen LogP contribution is -2.51. The van der Waals surface area contributed by atoms with E-state index in [0.29, 0.717) is 0 Å². The molecule has 1 atom stereocenters. The Morgan fingerprint density at radius 3 is 2.60 bits per heavy atom. The van der Waals surface area contributed by atoms with E-state index in [2.05, 4.69) is 15.6 Å². The van der Waals surface area contributed by atoms with E-state index in [9.17, 15) is 10.0 Å².